The van der Waals surface area contributed by atoms with Gasteiger partial charge in [-0.25, -0.2) is 0 Å². The monoisotopic (exact) mass is 293 g/mol. The van der Waals surface area contributed by atoms with Gasteiger partial charge in [-0.2, -0.15) is 5.10 Å². The van der Waals surface area contributed by atoms with E-state index in [1.807, 2.05) is 12.3 Å². The fraction of sp³-hybridized carbons (Fsp3) is 0.667. The molecule has 0 spiro atoms. The van der Waals surface area contributed by atoms with Crippen LogP contribution in [0.4, 0.5) is 0 Å². The van der Waals surface area contributed by atoms with E-state index in [9.17, 15) is 14.7 Å². The topological polar surface area (TPSA) is 84.2 Å². The van der Waals surface area contributed by atoms with Crippen molar-refractivity contribution in [1.29, 1.82) is 0 Å². The number of carboxylic acids is 1. The Labute approximate surface area is 124 Å². The molecular formula is C15H23N3O3. The molecule has 1 aliphatic carbocycles. The van der Waals surface area contributed by atoms with E-state index in [1.165, 1.54) is 0 Å². The number of rotatable bonds is 6. The van der Waals surface area contributed by atoms with Gasteiger partial charge in [-0.15, -0.1) is 0 Å². The summed E-state index contributed by atoms with van der Waals surface area (Å²) in [6, 6.07) is 1.83. The highest BCUT2D eigenvalue weighted by molar-refractivity contribution is 5.85. The van der Waals surface area contributed by atoms with Gasteiger partial charge < -0.3 is 10.4 Å². The summed E-state index contributed by atoms with van der Waals surface area (Å²) in [5, 5.41) is 16.4. The molecule has 116 valence electrons. The minimum atomic E-state index is -0.869. The van der Waals surface area contributed by atoms with Crippen molar-refractivity contribution in [2.45, 2.75) is 51.5 Å². The highest BCUT2D eigenvalue weighted by Crippen LogP contribution is 2.38. The molecule has 0 bridgehead atoms. The normalized spacial score (nSPS) is 17.9. The van der Waals surface area contributed by atoms with Crippen molar-refractivity contribution in [3.05, 3.63) is 18.5 Å². The molecule has 6 heteroatoms. The first-order chi connectivity index (χ1) is 10.1. The smallest absolute Gasteiger partial charge is 0.310 e. The zero-order valence-electron chi connectivity index (χ0n) is 12.3. The Morgan fingerprint density at radius 1 is 1.24 bits per heavy atom. The van der Waals surface area contributed by atoms with Crippen LogP contribution in [0.2, 0.25) is 0 Å². The van der Waals surface area contributed by atoms with Crippen LogP contribution in [0.3, 0.4) is 0 Å². The number of carboxylic acid groups (broad SMARTS) is 1. The van der Waals surface area contributed by atoms with E-state index >= 15 is 0 Å². The number of nitrogens with zero attached hydrogens (tertiary/aromatic N) is 2. The fourth-order valence-corrected chi connectivity index (χ4v) is 2.98. The number of carbonyl (C=O) groups excluding carboxylic acids is 1. The summed E-state index contributed by atoms with van der Waals surface area (Å²) in [5.74, 6) is -1.00. The van der Waals surface area contributed by atoms with Crippen LogP contribution in [0.1, 0.15) is 44.9 Å². The lowest BCUT2D eigenvalue weighted by Crippen LogP contribution is -2.38. The number of hydrogen-bond acceptors (Lipinski definition) is 3. The summed E-state index contributed by atoms with van der Waals surface area (Å²) in [6.07, 6.45) is 8.74. The van der Waals surface area contributed by atoms with Crippen LogP contribution in [-0.2, 0) is 16.1 Å². The minimum absolute atomic E-state index is 0.0848. The summed E-state index contributed by atoms with van der Waals surface area (Å²) in [4.78, 5) is 23.7. The molecule has 0 atom stereocenters. The molecule has 1 aliphatic rings. The average Bonchev–Trinajstić information content (AvgIpc) is 2.84. The van der Waals surface area contributed by atoms with Gasteiger partial charge >= 0.3 is 5.97 Å². The Hall–Kier alpha value is -1.85. The molecule has 21 heavy (non-hydrogen) atoms. The molecule has 1 heterocycles. The second-order valence-corrected chi connectivity index (χ2v) is 5.80. The van der Waals surface area contributed by atoms with Gasteiger partial charge in [0.25, 0.3) is 0 Å². The van der Waals surface area contributed by atoms with Crippen molar-refractivity contribution in [2.75, 3.05) is 6.54 Å². The Morgan fingerprint density at radius 3 is 2.52 bits per heavy atom. The number of nitrogens with one attached hydrogen (secondary N) is 1. The number of amides is 1. The molecule has 0 radical (unpaired) electrons. The largest absolute Gasteiger partial charge is 0.481 e. The van der Waals surface area contributed by atoms with Crippen LogP contribution >= 0.6 is 0 Å². The second kappa shape index (κ2) is 7.24. The Bertz CT molecular complexity index is 463. The van der Waals surface area contributed by atoms with Crippen LogP contribution in [0, 0.1) is 5.41 Å². The number of aromatic nitrogens is 2. The van der Waals surface area contributed by atoms with E-state index in [0.717, 1.165) is 25.7 Å². The molecule has 2 rings (SSSR count). The van der Waals surface area contributed by atoms with Crippen LogP contribution in [0.5, 0.6) is 0 Å². The number of aliphatic carboxylic acids is 1. The zero-order valence-corrected chi connectivity index (χ0v) is 12.3. The van der Waals surface area contributed by atoms with Crippen LogP contribution in [0.15, 0.2) is 18.5 Å². The Kier molecular flexibility index (Phi) is 5.36. The lowest BCUT2D eigenvalue weighted by atomic mass is 9.77. The standard InChI is InChI=1S/C15H23N3O3/c19-13(16-9-11-18-10-5-8-17-18)12-15(14(20)21)6-3-1-2-4-7-15/h5,8,10H,1-4,6-7,9,11-12H2,(H,16,19)(H,20,21). The molecule has 1 aromatic rings. The second-order valence-electron chi connectivity index (χ2n) is 5.80. The predicted octanol–water partition coefficient (Wildman–Crippen LogP) is 1.81. The van der Waals surface area contributed by atoms with Crippen LogP contribution in [0.25, 0.3) is 0 Å². The summed E-state index contributed by atoms with van der Waals surface area (Å²) in [6.45, 7) is 1.06. The van der Waals surface area contributed by atoms with Gasteiger partial charge in [-0.1, -0.05) is 25.7 Å². The maximum Gasteiger partial charge on any atom is 0.310 e. The molecule has 1 saturated carbocycles. The van der Waals surface area contributed by atoms with Crippen LogP contribution in [-0.4, -0.2) is 33.3 Å². The van der Waals surface area contributed by atoms with E-state index in [0.29, 0.717) is 25.9 Å². The van der Waals surface area contributed by atoms with Crippen molar-refractivity contribution < 1.29 is 14.7 Å². The number of carbonyl (C=O) groups is 2. The van der Waals surface area contributed by atoms with Gasteiger partial charge in [-0.05, 0) is 18.9 Å². The van der Waals surface area contributed by atoms with Crippen molar-refractivity contribution >= 4 is 11.9 Å². The van der Waals surface area contributed by atoms with E-state index in [2.05, 4.69) is 10.4 Å². The summed E-state index contributed by atoms with van der Waals surface area (Å²) in [7, 11) is 0. The maximum absolute atomic E-state index is 12.1. The molecular weight excluding hydrogens is 270 g/mol. The quantitative estimate of drug-likeness (QED) is 0.783. The molecule has 0 saturated heterocycles. The first-order valence-corrected chi connectivity index (χ1v) is 7.60. The zero-order chi connectivity index (χ0) is 15.1. The van der Waals surface area contributed by atoms with Crippen molar-refractivity contribution in [2.24, 2.45) is 5.41 Å². The maximum atomic E-state index is 12.1. The summed E-state index contributed by atoms with van der Waals surface area (Å²) >= 11 is 0. The van der Waals surface area contributed by atoms with Crippen molar-refractivity contribution in [1.82, 2.24) is 15.1 Å². The lowest BCUT2D eigenvalue weighted by molar-refractivity contribution is -0.152. The Morgan fingerprint density at radius 2 is 1.95 bits per heavy atom. The minimum Gasteiger partial charge on any atom is -0.481 e. The Balaban J connectivity index is 1.84. The first-order valence-electron chi connectivity index (χ1n) is 7.60. The van der Waals surface area contributed by atoms with Crippen molar-refractivity contribution in [3.63, 3.8) is 0 Å². The average molecular weight is 293 g/mol. The van der Waals surface area contributed by atoms with Gasteiger partial charge in [0.05, 0.1) is 12.0 Å². The molecule has 1 aromatic heterocycles. The third-order valence-corrected chi connectivity index (χ3v) is 4.24. The van der Waals surface area contributed by atoms with E-state index in [-0.39, 0.29) is 12.3 Å². The molecule has 1 amide bonds. The molecule has 0 aromatic carbocycles. The molecule has 6 nitrogen and oxygen atoms in total. The summed E-state index contributed by atoms with van der Waals surface area (Å²) in [5.41, 5.74) is -0.869. The summed E-state index contributed by atoms with van der Waals surface area (Å²) < 4.78 is 1.74. The molecule has 0 aliphatic heterocycles. The molecule has 2 N–H and O–H groups in total. The third-order valence-electron chi connectivity index (χ3n) is 4.24. The van der Waals surface area contributed by atoms with Gasteiger partial charge in [0.15, 0.2) is 0 Å². The fourth-order valence-electron chi connectivity index (χ4n) is 2.98. The van der Waals surface area contributed by atoms with E-state index in [1.54, 1.807) is 10.9 Å². The van der Waals surface area contributed by atoms with Gasteiger partial charge in [0, 0.05) is 25.4 Å². The van der Waals surface area contributed by atoms with Crippen LogP contribution < -0.4 is 5.32 Å². The highest BCUT2D eigenvalue weighted by Gasteiger charge is 2.40. The van der Waals surface area contributed by atoms with Gasteiger partial charge in [-0.3, -0.25) is 14.3 Å². The first kappa shape index (κ1) is 15.5. The predicted molar refractivity (Wildman–Crippen MR) is 77.6 cm³/mol. The van der Waals surface area contributed by atoms with E-state index < -0.39 is 11.4 Å². The van der Waals surface area contributed by atoms with Gasteiger partial charge in [0.2, 0.25) is 5.91 Å². The van der Waals surface area contributed by atoms with Crippen molar-refractivity contribution in [3.8, 4) is 0 Å². The number of hydrogen-bond donors (Lipinski definition) is 2. The van der Waals surface area contributed by atoms with E-state index in [4.69, 9.17) is 0 Å². The molecule has 0 unspecified atom stereocenters. The molecule has 1 fully saturated rings. The van der Waals surface area contributed by atoms with Gasteiger partial charge in [0.1, 0.15) is 0 Å². The SMILES string of the molecule is O=C(CC1(C(=O)O)CCCCCC1)NCCn1cccn1. The highest BCUT2D eigenvalue weighted by atomic mass is 16.4. The third kappa shape index (κ3) is 4.31. The lowest BCUT2D eigenvalue weighted by Gasteiger charge is -2.27.